The van der Waals surface area contributed by atoms with Gasteiger partial charge in [0.25, 0.3) is 0 Å². The highest BCUT2D eigenvalue weighted by Gasteiger charge is 2.41. The van der Waals surface area contributed by atoms with Crippen LogP contribution in [-0.4, -0.2) is 30.5 Å². The van der Waals surface area contributed by atoms with Crippen LogP contribution >= 0.6 is 0 Å². The van der Waals surface area contributed by atoms with E-state index in [1.165, 1.54) is 0 Å². The molecule has 152 valence electrons. The zero-order valence-electron chi connectivity index (χ0n) is 15.7. The first-order chi connectivity index (χ1) is 12.6. The van der Waals surface area contributed by atoms with E-state index in [1.54, 1.807) is 31.2 Å². The van der Waals surface area contributed by atoms with E-state index in [1.807, 2.05) is 6.92 Å². The molecule has 1 N–H and O–H groups in total. The molecule has 0 spiro atoms. The Kier molecular flexibility index (Phi) is 7.14. The normalized spacial score (nSPS) is 22.9. The monoisotopic (exact) mass is 388 g/mol. The summed E-state index contributed by atoms with van der Waals surface area (Å²) in [7, 11) is 0. The lowest BCUT2D eigenvalue weighted by atomic mass is 9.82. The van der Waals surface area contributed by atoms with Crippen molar-refractivity contribution in [3.8, 4) is 5.75 Å². The molecule has 1 aromatic carbocycles. The van der Waals surface area contributed by atoms with Crippen LogP contribution < -0.4 is 4.74 Å². The zero-order valence-corrected chi connectivity index (χ0v) is 15.7. The predicted octanol–water partition coefficient (Wildman–Crippen LogP) is 5.16. The first-order valence-electron chi connectivity index (χ1n) is 9.30. The van der Waals surface area contributed by atoms with Gasteiger partial charge in [-0.05, 0) is 63.1 Å². The number of carboxylic acids is 1. The molecule has 0 unspecified atom stereocenters. The Balaban J connectivity index is 1.89. The fourth-order valence-electron chi connectivity index (χ4n) is 3.62. The minimum absolute atomic E-state index is 0.129. The minimum Gasteiger partial charge on any atom is -0.493 e. The number of carbonyl (C=O) groups is 1. The molecule has 2 rings (SSSR count). The van der Waals surface area contributed by atoms with Gasteiger partial charge >= 0.3 is 12.1 Å². The van der Waals surface area contributed by atoms with Crippen LogP contribution in [0.15, 0.2) is 24.3 Å². The summed E-state index contributed by atoms with van der Waals surface area (Å²) in [4.78, 5) is 11.1. The van der Waals surface area contributed by atoms with Gasteiger partial charge in [-0.2, -0.15) is 13.2 Å². The van der Waals surface area contributed by atoms with Crippen molar-refractivity contribution in [2.24, 2.45) is 11.8 Å². The summed E-state index contributed by atoms with van der Waals surface area (Å²) in [6.45, 7) is 4.33. The number of hydrogen-bond acceptors (Lipinski definition) is 3. The van der Waals surface area contributed by atoms with E-state index in [2.05, 4.69) is 0 Å². The largest absolute Gasteiger partial charge is 0.493 e. The van der Waals surface area contributed by atoms with Crippen molar-refractivity contribution in [3.05, 3.63) is 29.8 Å². The van der Waals surface area contributed by atoms with Crippen molar-refractivity contribution in [1.82, 2.24) is 0 Å². The average Bonchev–Trinajstić information content (AvgIpc) is 2.59. The second-order valence-electron chi connectivity index (χ2n) is 7.33. The van der Waals surface area contributed by atoms with Gasteiger partial charge in [0.05, 0.1) is 18.9 Å². The van der Waals surface area contributed by atoms with Crippen LogP contribution in [0.3, 0.4) is 0 Å². The second kappa shape index (κ2) is 8.95. The van der Waals surface area contributed by atoms with E-state index >= 15 is 0 Å². The molecule has 4 nitrogen and oxygen atoms in total. The van der Waals surface area contributed by atoms with Crippen LogP contribution in [0.2, 0.25) is 0 Å². The molecule has 0 saturated heterocycles. The van der Waals surface area contributed by atoms with Gasteiger partial charge in [0.1, 0.15) is 11.4 Å². The molecule has 0 radical (unpaired) electrons. The fourth-order valence-corrected chi connectivity index (χ4v) is 3.62. The molecule has 0 amide bonds. The predicted molar refractivity (Wildman–Crippen MR) is 94.7 cm³/mol. The van der Waals surface area contributed by atoms with Crippen LogP contribution in [0.25, 0.3) is 0 Å². The number of halogens is 3. The van der Waals surface area contributed by atoms with Crippen LogP contribution in [-0.2, 0) is 15.1 Å². The molecule has 0 bridgehead atoms. The number of alkyl halides is 3. The highest BCUT2D eigenvalue weighted by atomic mass is 19.4. The lowest BCUT2D eigenvalue weighted by Gasteiger charge is -2.30. The molecule has 0 aromatic heterocycles. The third kappa shape index (κ3) is 6.13. The van der Waals surface area contributed by atoms with E-state index in [-0.39, 0.29) is 25.2 Å². The Bertz CT molecular complexity index is 607. The van der Waals surface area contributed by atoms with Crippen molar-refractivity contribution in [2.75, 3.05) is 13.2 Å². The van der Waals surface area contributed by atoms with Crippen molar-refractivity contribution in [1.29, 1.82) is 0 Å². The molecule has 1 aliphatic carbocycles. The SMILES string of the molecule is CCO[C@@](C)(CC(=O)O)c1ccc(OCC2CCC(C(F)(F)F)CC2)cc1. The van der Waals surface area contributed by atoms with E-state index in [4.69, 9.17) is 14.6 Å². The van der Waals surface area contributed by atoms with Gasteiger partial charge in [-0.3, -0.25) is 4.79 Å². The highest BCUT2D eigenvalue weighted by molar-refractivity contribution is 5.68. The first-order valence-corrected chi connectivity index (χ1v) is 9.30. The summed E-state index contributed by atoms with van der Waals surface area (Å²) >= 11 is 0. The number of aliphatic carboxylic acids is 1. The third-order valence-electron chi connectivity index (χ3n) is 5.21. The van der Waals surface area contributed by atoms with Crippen LogP contribution in [0.1, 0.15) is 51.5 Å². The maximum absolute atomic E-state index is 12.7. The smallest absolute Gasteiger partial charge is 0.391 e. The second-order valence-corrected chi connectivity index (χ2v) is 7.33. The maximum Gasteiger partial charge on any atom is 0.391 e. The van der Waals surface area contributed by atoms with Gasteiger partial charge in [0.15, 0.2) is 0 Å². The van der Waals surface area contributed by atoms with Gasteiger partial charge in [0, 0.05) is 6.61 Å². The summed E-state index contributed by atoms with van der Waals surface area (Å²) in [5.41, 5.74) is -0.181. The molecule has 1 fully saturated rings. The Morgan fingerprint density at radius 2 is 1.74 bits per heavy atom. The topological polar surface area (TPSA) is 55.8 Å². The quantitative estimate of drug-likeness (QED) is 0.668. The third-order valence-corrected chi connectivity index (χ3v) is 5.21. The van der Waals surface area contributed by atoms with Crippen molar-refractivity contribution in [3.63, 3.8) is 0 Å². The standard InChI is InChI=1S/C20H27F3O4/c1-3-27-19(2,12-18(24)25)15-8-10-17(11-9-15)26-13-14-4-6-16(7-5-14)20(21,22)23/h8-11,14,16H,3-7,12-13H2,1-2H3,(H,24,25)/t14?,16?,19-/m0/s1. The highest BCUT2D eigenvalue weighted by Crippen LogP contribution is 2.39. The molecular formula is C20H27F3O4. The molecule has 1 saturated carbocycles. The van der Waals surface area contributed by atoms with Crippen LogP contribution in [0.4, 0.5) is 13.2 Å². The van der Waals surface area contributed by atoms with Gasteiger partial charge < -0.3 is 14.6 Å². The van der Waals surface area contributed by atoms with Crippen molar-refractivity contribution >= 4 is 5.97 Å². The molecule has 27 heavy (non-hydrogen) atoms. The van der Waals surface area contributed by atoms with E-state index in [0.29, 0.717) is 31.8 Å². The molecule has 1 aromatic rings. The number of rotatable bonds is 8. The summed E-state index contributed by atoms with van der Waals surface area (Å²) in [6, 6.07) is 7.04. The van der Waals surface area contributed by atoms with Gasteiger partial charge in [0.2, 0.25) is 0 Å². The Hall–Kier alpha value is -1.76. The molecule has 7 heteroatoms. The van der Waals surface area contributed by atoms with E-state index < -0.39 is 23.7 Å². The molecule has 0 aliphatic heterocycles. The molecule has 1 aliphatic rings. The Labute approximate surface area is 157 Å². The van der Waals surface area contributed by atoms with Crippen molar-refractivity contribution in [2.45, 2.75) is 57.7 Å². The Morgan fingerprint density at radius 3 is 2.22 bits per heavy atom. The fraction of sp³-hybridized carbons (Fsp3) is 0.650. The number of benzene rings is 1. The minimum atomic E-state index is -4.09. The van der Waals surface area contributed by atoms with Crippen LogP contribution in [0, 0.1) is 11.8 Å². The first kappa shape index (κ1) is 21.5. The van der Waals surface area contributed by atoms with Crippen molar-refractivity contribution < 1.29 is 32.5 Å². The zero-order chi connectivity index (χ0) is 20.1. The molecule has 1 atom stereocenters. The van der Waals surface area contributed by atoms with Gasteiger partial charge in [-0.15, -0.1) is 0 Å². The van der Waals surface area contributed by atoms with Gasteiger partial charge in [-0.1, -0.05) is 12.1 Å². The van der Waals surface area contributed by atoms with Crippen LogP contribution in [0.5, 0.6) is 5.75 Å². The summed E-state index contributed by atoms with van der Waals surface area (Å²) < 4.78 is 49.5. The van der Waals surface area contributed by atoms with Gasteiger partial charge in [-0.25, -0.2) is 0 Å². The summed E-state index contributed by atoms with van der Waals surface area (Å²) in [5.74, 6) is -1.38. The Morgan fingerprint density at radius 1 is 1.15 bits per heavy atom. The van der Waals surface area contributed by atoms with E-state index in [0.717, 1.165) is 5.56 Å². The summed E-state index contributed by atoms with van der Waals surface area (Å²) in [6.07, 6.45) is -2.88. The van der Waals surface area contributed by atoms with E-state index in [9.17, 15) is 18.0 Å². The number of hydrogen-bond donors (Lipinski definition) is 1. The average molecular weight is 388 g/mol. The lowest BCUT2D eigenvalue weighted by molar-refractivity contribution is -0.184. The lowest BCUT2D eigenvalue weighted by Crippen LogP contribution is -2.29. The maximum atomic E-state index is 12.7. The molecule has 0 heterocycles. The number of carboxylic acid groups (broad SMARTS) is 1. The molecular weight excluding hydrogens is 361 g/mol. The summed E-state index contributed by atoms with van der Waals surface area (Å²) in [5, 5.41) is 9.11. The number of ether oxygens (including phenoxy) is 2.